The fraction of sp³-hybridized carbons (Fsp3) is 0.781. The van der Waals surface area contributed by atoms with Crippen molar-refractivity contribution in [2.45, 2.75) is 110 Å². The summed E-state index contributed by atoms with van der Waals surface area (Å²) in [5.41, 5.74) is 1.38. The molecule has 0 bridgehead atoms. The van der Waals surface area contributed by atoms with Gasteiger partial charge in [-0.1, -0.05) is 96.6 Å². The van der Waals surface area contributed by atoms with Gasteiger partial charge in [0, 0.05) is 6.42 Å². The van der Waals surface area contributed by atoms with E-state index in [-0.39, 0.29) is 5.97 Å². The van der Waals surface area contributed by atoms with E-state index in [2.05, 4.69) is 26.0 Å². The van der Waals surface area contributed by atoms with Gasteiger partial charge in [0.1, 0.15) is 19.0 Å². The predicted octanol–water partition coefficient (Wildman–Crippen LogP) is 7.70. The lowest BCUT2D eigenvalue weighted by Crippen LogP contribution is -2.14. The molecule has 0 aliphatic heterocycles. The van der Waals surface area contributed by atoms with E-state index in [0.29, 0.717) is 59.3 Å². The molecular formula is C32H56O6. The van der Waals surface area contributed by atoms with Crippen LogP contribution in [-0.2, 0) is 30.2 Å². The molecule has 220 valence electrons. The predicted molar refractivity (Wildman–Crippen MR) is 155 cm³/mol. The van der Waals surface area contributed by atoms with Crippen molar-refractivity contribution in [2.24, 2.45) is 0 Å². The van der Waals surface area contributed by atoms with Gasteiger partial charge in [0.2, 0.25) is 0 Å². The zero-order valence-electron chi connectivity index (χ0n) is 24.5. The molecule has 1 aromatic carbocycles. The fourth-order valence-electron chi connectivity index (χ4n) is 4.14. The number of carbonyl (C=O) groups is 1. The fourth-order valence-corrected chi connectivity index (χ4v) is 4.14. The average Bonchev–Trinajstić information content (AvgIpc) is 2.93. The quantitative estimate of drug-likeness (QED) is 0.0807. The SMILES string of the molecule is CCCCCCCCCC(=O)OCCOCCOCCOCCOc1ccc(CCCCCCCC)cc1. The van der Waals surface area contributed by atoms with Crippen LogP contribution in [0.25, 0.3) is 0 Å². The van der Waals surface area contributed by atoms with Crippen LogP contribution in [0.4, 0.5) is 0 Å². The van der Waals surface area contributed by atoms with Crippen LogP contribution in [0.3, 0.4) is 0 Å². The third-order valence-electron chi connectivity index (χ3n) is 6.46. The maximum atomic E-state index is 11.7. The normalized spacial score (nSPS) is 11.1. The molecule has 0 N–H and O–H groups in total. The second-order valence-corrected chi connectivity index (χ2v) is 9.94. The van der Waals surface area contributed by atoms with Gasteiger partial charge in [0.15, 0.2) is 0 Å². The Balaban J connectivity index is 1.82. The molecule has 1 aromatic rings. The molecule has 0 unspecified atom stereocenters. The molecule has 6 nitrogen and oxygen atoms in total. The third-order valence-corrected chi connectivity index (χ3v) is 6.46. The largest absolute Gasteiger partial charge is 0.491 e. The van der Waals surface area contributed by atoms with Crippen molar-refractivity contribution in [2.75, 3.05) is 52.9 Å². The molecule has 0 aliphatic rings. The summed E-state index contributed by atoms with van der Waals surface area (Å²) in [7, 11) is 0. The molecule has 0 atom stereocenters. The van der Waals surface area contributed by atoms with Gasteiger partial charge in [-0.3, -0.25) is 4.79 Å². The number of ether oxygens (including phenoxy) is 5. The standard InChI is InChI=1S/C32H56O6/c1-3-5-7-9-11-13-15-17-32(33)38-29-27-36-25-23-34-22-24-35-26-28-37-31-20-18-30(19-21-31)16-14-12-10-8-6-4-2/h18-21H,3-17,22-29H2,1-2H3. The van der Waals surface area contributed by atoms with Gasteiger partial charge in [-0.05, 0) is 37.0 Å². The first kappa shape index (κ1) is 34.4. The van der Waals surface area contributed by atoms with Crippen LogP contribution >= 0.6 is 0 Å². The van der Waals surface area contributed by atoms with Crippen molar-refractivity contribution >= 4 is 5.97 Å². The highest BCUT2D eigenvalue weighted by Crippen LogP contribution is 2.15. The van der Waals surface area contributed by atoms with Crippen molar-refractivity contribution in [3.63, 3.8) is 0 Å². The van der Waals surface area contributed by atoms with E-state index in [4.69, 9.17) is 23.7 Å². The van der Waals surface area contributed by atoms with E-state index in [1.165, 1.54) is 76.2 Å². The van der Waals surface area contributed by atoms with Crippen LogP contribution in [-0.4, -0.2) is 58.8 Å². The molecule has 1 rings (SSSR count). The van der Waals surface area contributed by atoms with Gasteiger partial charge < -0.3 is 23.7 Å². The van der Waals surface area contributed by atoms with Crippen LogP contribution in [0.15, 0.2) is 24.3 Å². The minimum Gasteiger partial charge on any atom is -0.491 e. The Hall–Kier alpha value is -1.63. The van der Waals surface area contributed by atoms with Crippen molar-refractivity contribution in [3.8, 4) is 5.75 Å². The van der Waals surface area contributed by atoms with E-state index in [0.717, 1.165) is 25.0 Å². The maximum Gasteiger partial charge on any atom is 0.305 e. The van der Waals surface area contributed by atoms with E-state index in [1.54, 1.807) is 0 Å². The number of hydrogen-bond donors (Lipinski definition) is 0. The zero-order valence-corrected chi connectivity index (χ0v) is 24.5. The molecule has 0 radical (unpaired) electrons. The van der Waals surface area contributed by atoms with E-state index in [1.807, 2.05) is 12.1 Å². The third kappa shape index (κ3) is 22.4. The minimum atomic E-state index is -0.125. The molecule has 0 aliphatic carbocycles. The molecule has 0 amide bonds. The van der Waals surface area contributed by atoms with E-state index < -0.39 is 0 Å². The molecular weight excluding hydrogens is 480 g/mol. The summed E-state index contributed by atoms with van der Waals surface area (Å²) in [6.45, 7) is 8.26. The van der Waals surface area contributed by atoms with Gasteiger partial charge in [-0.2, -0.15) is 0 Å². The number of benzene rings is 1. The van der Waals surface area contributed by atoms with Crippen LogP contribution < -0.4 is 4.74 Å². The van der Waals surface area contributed by atoms with Crippen molar-refractivity contribution in [1.82, 2.24) is 0 Å². The van der Waals surface area contributed by atoms with E-state index >= 15 is 0 Å². The highest BCUT2D eigenvalue weighted by atomic mass is 16.6. The Morgan fingerprint density at radius 1 is 0.553 bits per heavy atom. The number of rotatable bonds is 28. The average molecular weight is 537 g/mol. The first-order chi connectivity index (χ1) is 18.8. The summed E-state index contributed by atoms with van der Waals surface area (Å²) < 4.78 is 27.5. The van der Waals surface area contributed by atoms with Crippen molar-refractivity contribution < 1.29 is 28.5 Å². The van der Waals surface area contributed by atoms with Gasteiger partial charge >= 0.3 is 5.97 Å². The van der Waals surface area contributed by atoms with Crippen molar-refractivity contribution in [1.29, 1.82) is 0 Å². The second kappa shape index (κ2) is 27.0. The number of unbranched alkanes of at least 4 members (excludes halogenated alkanes) is 11. The molecule has 0 aromatic heterocycles. The van der Waals surface area contributed by atoms with Crippen LogP contribution in [0.1, 0.15) is 109 Å². The van der Waals surface area contributed by atoms with E-state index in [9.17, 15) is 4.79 Å². The van der Waals surface area contributed by atoms with Gasteiger partial charge in [0.25, 0.3) is 0 Å². The Morgan fingerprint density at radius 3 is 1.61 bits per heavy atom. The lowest BCUT2D eigenvalue weighted by Gasteiger charge is -2.09. The summed E-state index contributed by atoms with van der Waals surface area (Å²) >= 11 is 0. The summed E-state index contributed by atoms with van der Waals surface area (Å²) in [5, 5.41) is 0. The first-order valence-corrected chi connectivity index (χ1v) is 15.4. The Kier molecular flexibility index (Phi) is 24.4. The highest BCUT2D eigenvalue weighted by Gasteiger charge is 2.03. The molecule has 0 fully saturated rings. The van der Waals surface area contributed by atoms with Gasteiger partial charge in [-0.25, -0.2) is 0 Å². The summed E-state index contributed by atoms with van der Waals surface area (Å²) in [6.07, 6.45) is 18.0. The molecule has 0 spiro atoms. The number of hydrogen-bond acceptors (Lipinski definition) is 6. The molecule has 6 heteroatoms. The van der Waals surface area contributed by atoms with Gasteiger partial charge in [0.05, 0.1) is 39.6 Å². The Bertz CT molecular complexity index is 633. The zero-order chi connectivity index (χ0) is 27.4. The Morgan fingerprint density at radius 2 is 1.03 bits per heavy atom. The summed E-state index contributed by atoms with van der Waals surface area (Å²) in [5.74, 6) is 0.761. The first-order valence-electron chi connectivity index (χ1n) is 15.4. The topological polar surface area (TPSA) is 63.2 Å². The number of carbonyl (C=O) groups excluding carboxylic acids is 1. The van der Waals surface area contributed by atoms with Crippen LogP contribution in [0.2, 0.25) is 0 Å². The number of esters is 1. The summed E-state index contributed by atoms with van der Waals surface area (Å²) in [4.78, 5) is 11.7. The number of aryl methyl sites for hydroxylation is 1. The van der Waals surface area contributed by atoms with Crippen molar-refractivity contribution in [3.05, 3.63) is 29.8 Å². The molecule has 0 heterocycles. The lowest BCUT2D eigenvalue weighted by molar-refractivity contribution is -0.145. The molecule has 38 heavy (non-hydrogen) atoms. The Labute approximate surface area is 233 Å². The smallest absolute Gasteiger partial charge is 0.305 e. The maximum absolute atomic E-state index is 11.7. The molecule has 0 saturated heterocycles. The van der Waals surface area contributed by atoms with Crippen LogP contribution in [0.5, 0.6) is 5.75 Å². The monoisotopic (exact) mass is 536 g/mol. The highest BCUT2D eigenvalue weighted by molar-refractivity contribution is 5.69. The van der Waals surface area contributed by atoms with Gasteiger partial charge in [-0.15, -0.1) is 0 Å². The molecule has 0 saturated carbocycles. The lowest BCUT2D eigenvalue weighted by atomic mass is 10.0. The van der Waals surface area contributed by atoms with Crippen LogP contribution in [0, 0.1) is 0 Å². The minimum absolute atomic E-state index is 0.125. The second-order valence-electron chi connectivity index (χ2n) is 9.94. The summed E-state index contributed by atoms with van der Waals surface area (Å²) in [6, 6.07) is 8.43.